The average Bonchev–Trinajstić information content (AvgIpc) is 2.70. The molecule has 2 fully saturated rings. The van der Waals surface area contributed by atoms with E-state index in [1.54, 1.807) is 4.90 Å². The molecule has 1 aliphatic heterocycles. The second-order valence-electron chi connectivity index (χ2n) is 6.08. The van der Waals surface area contributed by atoms with Gasteiger partial charge in [0.2, 0.25) is 11.8 Å². The molecule has 0 aromatic carbocycles. The molecular formula is C15H26N2O2. The van der Waals surface area contributed by atoms with Crippen molar-refractivity contribution in [1.29, 1.82) is 0 Å². The summed E-state index contributed by atoms with van der Waals surface area (Å²) in [7, 11) is 0. The van der Waals surface area contributed by atoms with Gasteiger partial charge in [0.25, 0.3) is 0 Å². The second-order valence-corrected chi connectivity index (χ2v) is 6.08. The van der Waals surface area contributed by atoms with Crippen molar-refractivity contribution < 1.29 is 9.59 Å². The lowest BCUT2D eigenvalue weighted by Gasteiger charge is -2.37. The first-order valence-corrected chi connectivity index (χ1v) is 7.66. The van der Waals surface area contributed by atoms with E-state index in [0.29, 0.717) is 18.9 Å². The van der Waals surface area contributed by atoms with Crippen LogP contribution in [0.1, 0.15) is 58.8 Å². The van der Waals surface area contributed by atoms with Crippen LogP contribution in [-0.4, -0.2) is 29.3 Å². The van der Waals surface area contributed by atoms with Gasteiger partial charge in [0.1, 0.15) is 0 Å². The van der Waals surface area contributed by atoms with E-state index in [-0.39, 0.29) is 17.9 Å². The Morgan fingerprint density at radius 1 is 1.21 bits per heavy atom. The topological polar surface area (TPSA) is 63.4 Å². The van der Waals surface area contributed by atoms with Crippen molar-refractivity contribution in [2.45, 2.75) is 64.8 Å². The first-order valence-electron chi connectivity index (χ1n) is 7.66. The number of imide groups is 1. The van der Waals surface area contributed by atoms with E-state index < -0.39 is 5.41 Å². The van der Waals surface area contributed by atoms with Crippen molar-refractivity contribution in [1.82, 2.24) is 4.90 Å². The molecule has 1 heterocycles. The summed E-state index contributed by atoms with van der Waals surface area (Å²) in [6.45, 7) is 4.60. The standard InChI is InChI=1S/C15H26N2O2/c1-3-15(4-2)9-13(18)17(14(15)19)12-8-6-5-7-11(12)10-16/h11-12H,3-10,16H2,1-2H3. The second kappa shape index (κ2) is 5.61. The highest BCUT2D eigenvalue weighted by Gasteiger charge is 2.52. The molecule has 1 aliphatic carbocycles. The highest BCUT2D eigenvalue weighted by atomic mass is 16.2. The van der Waals surface area contributed by atoms with Crippen molar-refractivity contribution in [2.24, 2.45) is 17.1 Å². The molecule has 0 spiro atoms. The molecule has 2 atom stereocenters. The molecule has 4 nitrogen and oxygen atoms in total. The molecule has 2 N–H and O–H groups in total. The largest absolute Gasteiger partial charge is 0.330 e. The number of carbonyl (C=O) groups is 2. The van der Waals surface area contributed by atoms with Gasteiger partial charge in [-0.1, -0.05) is 26.7 Å². The molecule has 1 saturated heterocycles. The van der Waals surface area contributed by atoms with Crippen LogP contribution < -0.4 is 5.73 Å². The van der Waals surface area contributed by atoms with Crippen LogP contribution in [0.15, 0.2) is 0 Å². The molecule has 0 aromatic rings. The zero-order chi connectivity index (χ0) is 14.0. The predicted octanol–water partition coefficient (Wildman–Crippen LogP) is 2.07. The van der Waals surface area contributed by atoms with Gasteiger partial charge in [-0.25, -0.2) is 0 Å². The van der Waals surface area contributed by atoms with E-state index in [9.17, 15) is 9.59 Å². The molecule has 0 radical (unpaired) electrons. The Morgan fingerprint density at radius 2 is 1.84 bits per heavy atom. The quantitative estimate of drug-likeness (QED) is 0.792. The molecule has 1 saturated carbocycles. The minimum absolute atomic E-state index is 0.0269. The molecule has 0 bridgehead atoms. The Kier molecular flexibility index (Phi) is 4.29. The number of likely N-dealkylation sites (tertiary alicyclic amines) is 1. The fourth-order valence-corrected chi connectivity index (χ4v) is 3.76. The van der Waals surface area contributed by atoms with E-state index in [2.05, 4.69) is 0 Å². The van der Waals surface area contributed by atoms with Crippen LogP contribution in [-0.2, 0) is 9.59 Å². The highest BCUT2D eigenvalue weighted by molar-refractivity contribution is 6.06. The number of nitrogens with two attached hydrogens (primary N) is 1. The number of nitrogens with zero attached hydrogens (tertiary/aromatic N) is 1. The van der Waals surface area contributed by atoms with Crippen LogP contribution >= 0.6 is 0 Å². The van der Waals surface area contributed by atoms with Gasteiger partial charge in [-0.3, -0.25) is 14.5 Å². The third-order valence-corrected chi connectivity index (χ3v) is 5.29. The summed E-state index contributed by atoms with van der Waals surface area (Å²) < 4.78 is 0. The number of hydrogen-bond donors (Lipinski definition) is 1. The molecule has 19 heavy (non-hydrogen) atoms. The Bertz CT molecular complexity index is 363. The Balaban J connectivity index is 2.24. The summed E-state index contributed by atoms with van der Waals surface area (Å²) in [4.78, 5) is 26.7. The van der Waals surface area contributed by atoms with Gasteiger partial charge < -0.3 is 5.73 Å². The third-order valence-electron chi connectivity index (χ3n) is 5.29. The molecule has 0 aromatic heterocycles. The summed E-state index contributed by atoms with van der Waals surface area (Å²) in [5.41, 5.74) is 5.40. The molecule has 2 rings (SSSR count). The predicted molar refractivity (Wildman–Crippen MR) is 74.3 cm³/mol. The lowest BCUT2D eigenvalue weighted by molar-refractivity contribution is -0.146. The highest BCUT2D eigenvalue weighted by Crippen LogP contribution is 2.42. The summed E-state index contributed by atoms with van der Waals surface area (Å²) in [6, 6.07) is 0.0544. The van der Waals surface area contributed by atoms with Crippen molar-refractivity contribution >= 4 is 11.8 Å². The minimum atomic E-state index is -0.437. The lowest BCUT2D eigenvalue weighted by Crippen LogP contribution is -2.49. The fourth-order valence-electron chi connectivity index (χ4n) is 3.76. The van der Waals surface area contributed by atoms with Crippen LogP contribution in [0.3, 0.4) is 0 Å². The minimum Gasteiger partial charge on any atom is -0.330 e. The van der Waals surface area contributed by atoms with Crippen molar-refractivity contribution in [3.8, 4) is 0 Å². The summed E-state index contributed by atoms with van der Waals surface area (Å²) in [5.74, 6) is 0.387. The number of hydrogen-bond acceptors (Lipinski definition) is 3. The van der Waals surface area contributed by atoms with Crippen molar-refractivity contribution in [3.05, 3.63) is 0 Å². The van der Waals surface area contributed by atoms with Crippen LogP contribution in [0.25, 0.3) is 0 Å². The van der Waals surface area contributed by atoms with Crippen LogP contribution in [0.5, 0.6) is 0 Å². The van der Waals surface area contributed by atoms with E-state index in [4.69, 9.17) is 5.73 Å². The lowest BCUT2D eigenvalue weighted by atomic mass is 9.80. The van der Waals surface area contributed by atoms with Gasteiger partial charge >= 0.3 is 0 Å². The van der Waals surface area contributed by atoms with E-state index in [0.717, 1.165) is 32.1 Å². The maximum atomic E-state index is 12.7. The Hall–Kier alpha value is -0.900. The van der Waals surface area contributed by atoms with Gasteiger partial charge in [0, 0.05) is 12.5 Å². The summed E-state index contributed by atoms with van der Waals surface area (Å²) in [6.07, 6.45) is 6.15. The smallest absolute Gasteiger partial charge is 0.236 e. The number of rotatable bonds is 4. The van der Waals surface area contributed by atoms with Crippen molar-refractivity contribution in [2.75, 3.05) is 6.54 Å². The summed E-state index contributed by atoms with van der Waals surface area (Å²) in [5, 5.41) is 0. The fraction of sp³-hybridized carbons (Fsp3) is 0.867. The molecule has 2 unspecified atom stereocenters. The first-order chi connectivity index (χ1) is 9.09. The Labute approximate surface area is 115 Å². The van der Waals surface area contributed by atoms with E-state index >= 15 is 0 Å². The third kappa shape index (κ3) is 2.31. The number of amides is 2. The van der Waals surface area contributed by atoms with Gasteiger partial charge in [0.05, 0.1) is 5.41 Å². The van der Waals surface area contributed by atoms with E-state index in [1.807, 2.05) is 13.8 Å². The Morgan fingerprint density at radius 3 is 2.37 bits per heavy atom. The van der Waals surface area contributed by atoms with Crippen LogP contribution in [0, 0.1) is 11.3 Å². The monoisotopic (exact) mass is 266 g/mol. The van der Waals surface area contributed by atoms with Crippen LogP contribution in [0.4, 0.5) is 0 Å². The molecule has 2 amide bonds. The molecule has 4 heteroatoms. The van der Waals surface area contributed by atoms with Gasteiger partial charge in [0.15, 0.2) is 0 Å². The zero-order valence-corrected chi connectivity index (χ0v) is 12.2. The molecular weight excluding hydrogens is 240 g/mol. The van der Waals surface area contributed by atoms with Crippen molar-refractivity contribution in [3.63, 3.8) is 0 Å². The van der Waals surface area contributed by atoms with Gasteiger partial charge in [-0.05, 0) is 38.1 Å². The number of carbonyl (C=O) groups excluding carboxylic acids is 2. The van der Waals surface area contributed by atoms with E-state index in [1.165, 1.54) is 6.42 Å². The molecule has 2 aliphatic rings. The first kappa shape index (κ1) is 14.5. The van der Waals surface area contributed by atoms with Crippen LogP contribution in [0.2, 0.25) is 0 Å². The SMILES string of the molecule is CCC1(CC)CC(=O)N(C2CCCCC2CN)C1=O. The molecule has 108 valence electrons. The maximum Gasteiger partial charge on any atom is 0.236 e. The normalized spacial score (nSPS) is 31.0. The van der Waals surface area contributed by atoms with Gasteiger partial charge in [-0.15, -0.1) is 0 Å². The average molecular weight is 266 g/mol. The van der Waals surface area contributed by atoms with Gasteiger partial charge in [-0.2, -0.15) is 0 Å². The zero-order valence-electron chi connectivity index (χ0n) is 12.2. The summed E-state index contributed by atoms with van der Waals surface area (Å²) >= 11 is 0. The maximum absolute atomic E-state index is 12.7.